The quantitative estimate of drug-likeness (QED) is 0.151. The number of hydrogen-bond acceptors (Lipinski definition) is 5. The van der Waals surface area contributed by atoms with E-state index in [2.05, 4.69) is 20.8 Å². The summed E-state index contributed by atoms with van der Waals surface area (Å²) >= 11 is 0. The summed E-state index contributed by atoms with van der Waals surface area (Å²) in [5.74, 6) is 0.241. The molecule has 1 saturated heterocycles. The van der Waals surface area contributed by atoms with Gasteiger partial charge in [0.25, 0.3) is 10.0 Å². The summed E-state index contributed by atoms with van der Waals surface area (Å²) in [5, 5.41) is 0. The predicted octanol–water partition coefficient (Wildman–Crippen LogP) is 9.43. The summed E-state index contributed by atoms with van der Waals surface area (Å²) in [6.45, 7) is 15.2. The van der Waals surface area contributed by atoms with E-state index in [1.165, 1.54) is 17.3 Å². The number of benzene rings is 3. The molecule has 1 fully saturated rings. The smallest absolute Gasteiger partial charge is 0.264 e. The van der Waals surface area contributed by atoms with Crippen LogP contribution >= 0.6 is 0 Å². The van der Waals surface area contributed by atoms with Crippen molar-refractivity contribution in [2.24, 2.45) is 11.3 Å². The molecule has 0 saturated carbocycles. The van der Waals surface area contributed by atoms with Gasteiger partial charge in [0, 0.05) is 29.9 Å². The van der Waals surface area contributed by atoms with Gasteiger partial charge in [0.05, 0.1) is 37.1 Å². The molecule has 0 radical (unpaired) electrons. The number of allylic oxidation sites excluding steroid dienone is 3. The van der Waals surface area contributed by atoms with E-state index in [0.717, 1.165) is 33.6 Å². The van der Waals surface area contributed by atoms with Crippen LogP contribution in [0.25, 0.3) is 11.1 Å². The Labute approximate surface area is 286 Å². The SMILES string of the molecule is C/C=C(\C/C=C(/F)C(C)CCCC(C)=O)N(Cc1cccc(-c2c(C)cc(OCC3(C)COC3)cc2C)c1)S(=O)(=O)c1ccccc1C. The lowest BCUT2D eigenvalue weighted by Gasteiger charge is -2.37. The van der Waals surface area contributed by atoms with Crippen molar-refractivity contribution in [2.45, 2.75) is 85.6 Å². The number of sulfonamides is 1. The Morgan fingerprint density at radius 1 is 1.04 bits per heavy atom. The average molecular weight is 676 g/mol. The number of ether oxygens (including phenoxy) is 2. The Morgan fingerprint density at radius 3 is 2.33 bits per heavy atom. The molecule has 3 aromatic carbocycles. The van der Waals surface area contributed by atoms with Gasteiger partial charge in [-0.25, -0.2) is 12.8 Å². The van der Waals surface area contributed by atoms with Gasteiger partial charge in [0.1, 0.15) is 11.5 Å². The van der Waals surface area contributed by atoms with Gasteiger partial charge in [-0.3, -0.25) is 4.31 Å². The van der Waals surface area contributed by atoms with E-state index >= 15 is 4.39 Å². The first kappa shape index (κ1) is 37.1. The van der Waals surface area contributed by atoms with Gasteiger partial charge in [0.2, 0.25) is 0 Å². The molecule has 258 valence electrons. The second-order valence-electron chi connectivity index (χ2n) is 13.6. The van der Waals surface area contributed by atoms with Crippen LogP contribution in [0.1, 0.15) is 75.6 Å². The predicted molar refractivity (Wildman–Crippen MR) is 191 cm³/mol. The monoisotopic (exact) mass is 675 g/mol. The fraction of sp³-hybridized carbons (Fsp3) is 0.425. The second kappa shape index (κ2) is 16.1. The van der Waals surface area contributed by atoms with Crippen LogP contribution in [-0.2, 0) is 26.1 Å². The van der Waals surface area contributed by atoms with Crippen LogP contribution in [0.4, 0.5) is 4.39 Å². The first-order valence-corrected chi connectivity index (χ1v) is 18.2. The van der Waals surface area contributed by atoms with E-state index in [-0.39, 0.29) is 40.8 Å². The van der Waals surface area contributed by atoms with Crippen LogP contribution in [0, 0.1) is 32.1 Å². The Bertz CT molecular complexity index is 1750. The number of carbonyl (C=O) groups is 1. The molecule has 1 atom stereocenters. The highest BCUT2D eigenvalue weighted by molar-refractivity contribution is 7.89. The van der Waals surface area contributed by atoms with Crippen molar-refractivity contribution in [3.05, 3.63) is 107 Å². The van der Waals surface area contributed by atoms with Crippen LogP contribution in [0.2, 0.25) is 0 Å². The van der Waals surface area contributed by atoms with Gasteiger partial charge in [0.15, 0.2) is 0 Å². The Balaban J connectivity index is 1.64. The number of ketones is 1. The lowest BCUT2D eigenvalue weighted by molar-refractivity contribution is -0.120. The van der Waals surface area contributed by atoms with Crippen molar-refractivity contribution in [1.82, 2.24) is 4.31 Å². The van der Waals surface area contributed by atoms with Gasteiger partial charge < -0.3 is 14.3 Å². The Morgan fingerprint density at radius 2 is 1.73 bits per heavy atom. The maximum absolute atomic E-state index is 15.2. The molecule has 0 spiro atoms. The number of Topliss-reactive ketones (excluding diaryl/α,β-unsaturated/α-hetero) is 1. The first-order valence-electron chi connectivity index (χ1n) is 16.7. The minimum Gasteiger partial charge on any atom is -0.493 e. The average Bonchev–Trinajstić information content (AvgIpc) is 3.02. The van der Waals surface area contributed by atoms with Crippen LogP contribution in [0.15, 0.2) is 89.2 Å². The molecule has 0 aromatic heterocycles. The van der Waals surface area contributed by atoms with E-state index in [1.807, 2.05) is 42.5 Å². The molecule has 0 N–H and O–H groups in total. The third kappa shape index (κ3) is 9.23. The molecule has 8 heteroatoms. The van der Waals surface area contributed by atoms with E-state index in [0.29, 0.717) is 50.3 Å². The standard InChI is InChI=1S/C40H50FNO5S/c1-8-35(19-20-37(41)28(2)14-11-15-32(6)43)42(48(44,45)38-18-10-9-13-29(38)3)24-33-16-12-17-34(23-33)39-30(4)21-36(22-31(39)5)47-27-40(7)25-46-26-40/h8-10,12-13,16-18,20-23,28H,11,14-15,19,24-27H2,1-7H3/b35-8+,37-20+. The van der Waals surface area contributed by atoms with Gasteiger partial charge >= 0.3 is 0 Å². The second-order valence-corrected chi connectivity index (χ2v) is 15.4. The summed E-state index contributed by atoms with van der Waals surface area (Å²) in [6.07, 6.45) is 4.90. The first-order chi connectivity index (χ1) is 22.7. The molecule has 48 heavy (non-hydrogen) atoms. The highest BCUT2D eigenvalue weighted by atomic mass is 32.2. The van der Waals surface area contributed by atoms with Gasteiger partial charge in [-0.2, -0.15) is 0 Å². The molecular formula is C40H50FNO5S. The number of carbonyl (C=O) groups excluding carboxylic acids is 1. The lowest BCUT2D eigenvalue weighted by Crippen LogP contribution is -2.44. The maximum atomic E-state index is 15.2. The third-order valence-corrected chi connectivity index (χ3v) is 11.0. The molecule has 1 heterocycles. The van der Waals surface area contributed by atoms with E-state index in [1.54, 1.807) is 45.0 Å². The molecule has 1 aliphatic heterocycles. The minimum atomic E-state index is -4.00. The van der Waals surface area contributed by atoms with E-state index < -0.39 is 10.0 Å². The van der Waals surface area contributed by atoms with Gasteiger partial charge in [-0.15, -0.1) is 0 Å². The van der Waals surface area contributed by atoms with Crippen LogP contribution in [0.5, 0.6) is 5.75 Å². The number of aryl methyl sites for hydroxylation is 3. The largest absolute Gasteiger partial charge is 0.493 e. The number of hydrogen-bond donors (Lipinski definition) is 0. The normalized spacial score (nSPS) is 15.5. The molecule has 1 unspecified atom stereocenters. The van der Waals surface area contributed by atoms with Crippen LogP contribution < -0.4 is 4.74 Å². The van der Waals surface area contributed by atoms with Crippen LogP contribution in [-0.4, -0.2) is 38.3 Å². The van der Waals surface area contributed by atoms with Crippen LogP contribution in [0.3, 0.4) is 0 Å². The summed E-state index contributed by atoms with van der Waals surface area (Å²) in [6, 6.07) is 19.0. The zero-order chi connectivity index (χ0) is 35.1. The Hall–Kier alpha value is -3.75. The maximum Gasteiger partial charge on any atom is 0.264 e. The van der Waals surface area contributed by atoms with Gasteiger partial charge in [-0.1, -0.05) is 56.3 Å². The molecule has 0 bridgehead atoms. The van der Waals surface area contributed by atoms with Crippen molar-refractivity contribution >= 4 is 15.8 Å². The highest BCUT2D eigenvalue weighted by Gasteiger charge is 2.34. The molecule has 4 rings (SSSR count). The zero-order valence-electron chi connectivity index (χ0n) is 29.4. The molecule has 0 aliphatic carbocycles. The third-order valence-electron chi connectivity index (χ3n) is 8.99. The van der Waals surface area contributed by atoms with Gasteiger partial charge in [-0.05, 0) is 111 Å². The summed E-state index contributed by atoms with van der Waals surface area (Å²) < 4.78 is 56.8. The summed E-state index contributed by atoms with van der Waals surface area (Å²) in [5.41, 5.74) is 6.15. The fourth-order valence-corrected chi connectivity index (χ4v) is 7.88. The molecule has 6 nitrogen and oxygen atoms in total. The molecule has 3 aromatic rings. The minimum absolute atomic E-state index is 0.0428. The molecule has 0 amide bonds. The lowest BCUT2D eigenvalue weighted by atomic mass is 9.90. The number of rotatable bonds is 16. The summed E-state index contributed by atoms with van der Waals surface area (Å²) in [4.78, 5) is 11.6. The fourth-order valence-electron chi connectivity index (χ4n) is 6.11. The Kier molecular flexibility index (Phi) is 12.4. The van der Waals surface area contributed by atoms with Crippen molar-refractivity contribution in [3.8, 4) is 16.9 Å². The van der Waals surface area contributed by atoms with Crippen molar-refractivity contribution in [1.29, 1.82) is 0 Å². The highest BCUT2D eigenvalue weighted by Crippen LogP contribution is 2.35. The zero-order valence-corrected chi connectivity index (χ0v) is 30.3. The summed E-state index contributed by atoms with van der Waals surface area (Å²) in [7, 11) is -4.00. The topological polar surface area (TPSA) is 72.9 Å². The van der Waals surface area contributed by atoms with E-state index in [4.69, 9.17) is 9.47 Å². The van der Waals surface area contributed by atoms with Crippen molar-refractivity contribution < 1.29 is 27.1 Å². The van der Waals surface area contributed by atoms with Crippen molar-refractivity contribution in [2.75, 3.05) is 19.8 Å². The number of halogens is 1. The van der Waals surface area contributed by atoms with E-state index in [9.17, 15) is 13.2 Å². The van der Waals surface area contributed by atoms with Crippen molar-refractivity contribution in [3.63, 3.8) is 0 Å². The number of nitrogens with zero attached hydrogens (tertiary/aromatic N) is 1. The molecular weight excluding hydrogens is 626 g/mol. The molecule has 1 aliphatic rings.